The molecule has 0 saturated heterocycles. The first-order chi connectivity index (χ1) is 12.8. The molecule has 2 heterocycles. The average Bonchev–Trinajstić information content (AvgIpc) is 2.91. The van der Waals surface area contributed by atoms with Gasteiger partial charge in [0.25, 0.3) is 0 Å². The summed E-state index contributed by atoms with van der Waals surface area (Å²) in [4.78, 5) is 0. The Morgan fingerprint density at radius 3 is 2.35 bits per heavy atom. The number of nitrogens with one attached hydrogen (secondary N) is 2. The van der Waals surface area contributed by atoms with E-state index in [2.05, 4.69) is 37.5 Å². The number of anilines is 2. The Labute approximate surface area is 158 Å². The molecule has 0 radical (unpaired) electrons. The summed E-state index contributed by atoms with van der Waals surface area (Å²) in [5.74, 6) is 2.06. The molecule has 1 aliphatic rings. The molecule has 0 aliphatic carbocycles. The van der Waals surface area contributed by atoms with Crippen molar-refractivity contribution in [3.05, 3.63) is 60.4 Å². The minimum atomic E-state index is 0.570. The molecule has 0 saturated carbocycles. The van der Waals surface area contributed by atoms with Crippen molar-refractivity contribution in [2.24, 2.45) is 0 Å². The van der Waals surface area contributed by atoms with Gasteiger partial charge in [-0.25, -0.2) is 0 Å². The number of thiocarbonyl (C=S) groups is 1. The van der Waals surface area contributed by atoms with Gasteiger partial charge >= 0.3 is 0 Å². The van der Waals surface area contributed by atoms with E-state index in [0.29, 0.717) is 5.11 Å². The van der Waals surface area contributed by atoms with Crippen LogP contribution in [-0.2, 0) is 13.0 Å². The molecule has 1 aliphatic heterocycles. The van der Waals surface area contributed by atoms with E-state index in [9.17, 15) is 0 Å². The van der Waals surface area contributed by atoms with Crippen molar-refractivity contribution >= 4 is 28.7 Å². The van der Waals surface area contributed by atoms with Gasteiger partial charge in [-0.2, -0.15) is 0 Å². The number of aryl methyl sites for hydroxylation is 1. The molecule has 26 heavy (non-hydrogen) atoms. The summed E-state index contributed by atoms with van der Waals surface area (Å²) in [6.07, 6.45) is 4.67. The van der Waals surface area contributed by atoms with Crippen LogP contribution in [0.2, 0.25) is 0 Å². The first kappa shape index (κ1) is 16.7. The van der Waals surface area contributed by atoms with E-state index in [4.69, 9.17) is 12.2 Å². The van der Waals surface area contributed by atoms with Gasteiger partial charge in [-0.1, -0.05) is 24.6 Å². The molecule has 1 aromatic heterocycles. The molecule has 0 unspecified atom stereocenters. The molecule has 0 bridgehead atoms. The van der Waals surface area contributed by atoms with Crippen LogP contribution in [-0.4, -0.2) is 19.9 Å². The Hall–Kier alpha value is -2.73. The molecule has 3 aromatic rings. The zero-order valence-electron chi connectivity index (χ0n) is 14.5. The number of hydrogen-bond acceptors (Lipinski definition) is 3. The van der Waals surface area contributed by atoms with Gasteiger partial charge in [0.05, 0.1) is 0 Å². The third-order valence-electron chi connectivity index (χ3n) is 4.54. The van der Waals surface area contributed by atoms with Gasteiger partial charge in [-0.3, -0.25) is 0 Å². The van der Waals surface area contributed by atoms with Crippen LogP contribution in [0.4, 0.5) is 11.4 Å². The third kappa shape index (κ3) is 3.75. The van der Waals surface area contributed by atoms with E-state index in [1.807, 2.05) is 42.5 Å². The number of para-hydroxylation sites is 1. The van der Waals surface area contributed by atoms with Crippen molar-refractivity contribution in [1.29, 1.82) is 0 Å². The monoisotopic (exact) mass is 363 g/mol. The molecular formula is C20H21N5S. The predicted octanol–water partition coefficient (Wildman–Crippen LogP) is 4.48. The van der Waals surface area contributed by atoms with Crippen LogP contribution in [0.1, 0.15) is 25.1 Å². The van der Waals surface area contributed by atoms with Crippen LogP contribution < -0.4 is 10.6 Å². The fraction of sp³-hybridized carbons (Fsp3) is 0.250. The number of aromatic nitrogens is 3. The first-order valence-corrected chi connectivity index (χ1v) is 9.36. The Balaban J connectivity index is 1.46. The molecule has 0 spiro atoms. The van der Waals surface area contributed by atoms with Crippen molar-refractivity contribution < 1.29 is 0 Å². The lowest BCUT2D eigenvalue weighted by molar-refractivity contribution is 0.636. The normalized spacial score (nSPS) is 13.5. The van der Waals surface area contributed by atoms with Crippen LogP contribution in [0.3, 0.4) is 0 Å². The fourth-order valence-corrected chi connectivity index (χ4v) is 3.45. The number of fused-ring (bicyclic) bond motifs is 1. The number of hydrogen-bond donors (Lipinski definition) is 2. The van der Waals surface area contributed by atoms with E-state index in [0.717, 1.165) is 41.6 Å². The zero-order chi connectivity index (χ0) is 17.8. The Morgan fingerprint density at radius 2 is 1.58 bits per heavy atom. The fourth-order valence-electron chi connectivity index (χ4n) is 3.22. The maximum Gasteiger partial charge on any atom is 0.175 e. The molecular weight excluding hydrogens is 342 g/mol. The second-order valence-electron chi connectivity index (χ2n) is 6.42. The summed E-state index contributed by atoms with van der Waals surface area (Å²) >= 11 is 5.38. The van der Waals surface area contributed by atoms with Gasteiger partial charge in [0.1, 0.15) is 5.82 Å². The topological polar surface area (TPSA) is 54.8 Å². The van der Waals surface area contributed by atoms with Gasteiger partial charge in [0.15, 0.2) is 10.9 Å². The van der Waals surface area contributed by atoms with E-state index < -0.39 is 0 Å². The van der Waals surface area contributed by atoms with Gasteiger partial charge in [-0.15, -0.1) is 10.2 Å². The van der Waals surface area contributed by atoms with Crippen LogP contribution in [0.15, 0.2) is 54.6 Å². The van der Waals surface area contributed by atoms with Crippen molar-refractivity contribution in [2.45, 2.75) is 32.2 Å². The highest BCUT2D eigenvalue weighted by atomic mass is 32.1. The molecule has 132 valence electrons. The van der Waals surface area contributed by atoms with Crippen LogP contribution in [0, 0.1) is 0 Å². The standard InChI is InChI=1S/C20H21N5S/c26-20(21-16-7-3-1-4-8-16)22-17-12-10-15(11-13-17)19-24-23-18-9-5-2-6-14-25(18)19/h1,3-4,7-8,10-13H,2,5-6,9,14H2,(H2,21,22,26). The lowest BCUT2D eigenvalue weighted by Crippen LogP contribution is -2.18. The molecule has 6 heteroatoms. The number of nitrogens with zero attached hydrogens (tertiary/aromatic N) is 3. The summed E-state index contributed by atoms with van der Waals surface area (Å²) < 4.78 is 2.26. The van der Waals surface area contributed by atoms with Gasteiger partial charge in [0.2, 0.25) is 0 Å². The molecule has 0 amide bonds. The second-order valence-corrected chi connectivity index (χ2v) is 6.83. The summed E-state index contributed by atoms with van der Waals surface area (Å²) in [5.41, 5.74) is 2.99. The molecule has 0 atom stereocenters. The van der Waals surface area contributed by atoms with Crippen molar-refractivity contribution in [1.82, 2.24) is 14.8 Å². The van der Waals surface area contributed by atoms with Crippen LogP contribution in [0.5, 0.6) is 0 Å². The van der Waals surface area contributed by atoms with Crippen LogP contribution in [0.25, 0.3) is 11.4 Å². The minimum absolute atomic E-state index is 0.570. The highest BCUT2D eigenvalue weighted by Crippen LogP contribution is 2.24. The van der Waals surface area contributed by atoms with Crippen LogP contribution >= 0.6 is 12.2 Å². The maximum absolute atomic E-state index is 5.38. The summed E-state index contributed by atoms with van der Waals surface area (Å²) in [6.45, 7) is 1.00. The van der Waals surface area contributed by atoms with Gasteiger partial charge < -0.3 is 15.2 Å². The van der Waals surface area contributed by atoms with E-state index in [1.54, 1.807) is 0 Å². The molecule has 2 N–H and O–H groups in total. The lowest BCUT2D eigenvalue weighted by Gasteiger charge is -2.11. The first-order valence-electron chi connectivity index (χ1n) is 8.95. The van der Waals surface area contributed by atoms with E-state index in [-0.39, 0.29) is 0 Å². The quantitative estimate of drug-likeness (QED) is 0.672. The number of rotatable bonds is 3. The van der Waals surface area contributed by atoms with E-state index in [1.165, 1.54) is 19.3 Å². The zero-order valence-corrected chi connectivity index (χ0v) is 15.3. The van der Waals surface area contributed by atoms with Crippen molar-refractivity contribution in [3.63, 3.8) is 0 Å². The SMILES string of the molecule is S=C(Nc1ccccc1)Nc1ccc(-c2nnc3n2CCCCC3)cc1. The number of benzene rings is 2. The largest absolute Gasteiger partial charge is 0.332 e. The highest BCUT2D eigenvalue weighted by molar-refractivity contribution is 7.80. The van der Waals surface area contributed by atoms with E-state index >= 15 is 0 Å². The summed E-state index contributed by atoms with van der Waals surface area (Å²) in [5, 5.41) is 15.7. The minimum Gasteiger partial charge on any atom is -0.332 e. The Bertz CT molecular complexity index is 886. The third-order valence-corrected chi connectivity index (χ3v) is 4.75. The maximum atomic E-state index is 5.38. The van der Waals surface area contributed by atoms with Gasteiger partial charge in [-0.05, 0) is 61.5 Å². The van der Waals surface area contributed by atoms with Crippen molar-refractivity contribution in [2.75, 3.05) is 10.6 Å². The van der Waals surface area contributed by atoms with Gasteiger partial charge in [0, 0.05) is 29.9 Å². The molecule has 5 nitrogen and oxygen atoms in total. The molecule has 2 aromatic carbocycles. The molecule has 4 rings (SSSR count). The molecule has 0 fully saturated rings. The van der Waals surface area contributed by atoms with Crippen molar-refractivity contribution in [3.8, 4) is 11.4 Å². The summed E-state index contributed by atoms with van der Waals surface area (Å²) in [6, 6.07) is 18.1. The Kier molecular flexibility index (Phi) is 4.93. The average molecular weight is 363 g/mol. The summed E-state index contributed by atoms with van der Waals surface area (Å²) in [7, 11) is 0. The predicted molar refractivity (Wildman–Crippen MR) is 109 cm³/mol. The Morgan fingerprint density at radius 1 is 0.846 bits per heavy atom. The lowest BCUT2D eigenvalue weighted by atomic mass is 10.2. The smallest absolute Gasteiger partial charge is 0.175 e. The highest BCUT2D eigenvalue weighted by Gasteiger charge is 2.15. The second kappa shape index (κ2) is 7.66.